The van der Waals surface area contributed by atoms with Crippen molar-refractivity contribution in [3.63, 3.8) is 0 Å². The van der Waals surface area contributed by atoms with Crippen LogP contribution in [-0.2, 0) is 17.6 Å². The quantitative estimate of drug-likeness (QED) is 0.812. The monoisotopic (exact) mass is 223 g/mol. The van der Waals surface area contributed by atoms with Gasteiger partial charge >= 0.3 is 5.97 Å². The molecule has 0 spiro atoms. The Kier molecular flexibility index (Phi) is 3.01. The molecule has 2 rings (SSSR count). The predicted octanol–water partition coefficient (Wildman–Crippen LogP) is 1.59. The van der Waals surface area contributed by atoms with E-state index in [1.807, 2.05) is 6.92 Å². The third-order valence-corrected chi connectivity index (χ3v) is 3.26. The molecule has 0 aliphatic heterocycles. The van der Waals surface area contributed by atoms with E-state index in [1.165, 1.54) is 5.56 Å². The van der Waals surface area contributed by atoms with Gasteiger partial charge in [-0.2, -0.15) is 0 Å². The average Bonchev–Trinajstić information content (AvgIpc) is 2.74. The Hall–Kier alpha value is -1.29. The summed E-state index contributed by atoms with van der Waals surface area (Å²) in [6.45, 7) is 2.26. The molecule has 0 fully saturated rings. The topological polar surface area (TPSA) is 76.5 Å². The summed E-state index contributed by atoms with van der Waals surface area (Å²) in [5.74, 6) is 0.976. The van der Waals surface area contributed by atoms with E-state index >= 15 is 0 Å². The van der Waals surface area contributed by atoms with E-state index in [9.17, 15) is 4.79 Å². The van der Waals surface area contributed by atoms with E-state index in [4.69, 9.17) is 15.3 Å². The minimum absolute atomic E-state index is 0.0866. The summed E-state index contributed by atoms with van der Waals surface area (Å²) in [7, 11) is 0. The zero-order valence-corrected chi connectivity index (χ0v) is 9.45. The van der Waals surface area contributed by atoms with Crippen molar-refractivity contribution in [2.45, 2.75) is 38.5 Å². The highest BCUT2D eigenvalue weighted by molar-refractivity contribution is 5.68. The number of carboxylic acids is 1. The van der Waals surface area contributed by atoms with Gasteiger partial charge in [0.25, 0.3) is 0 Å². The molecule has 0 saturated heterocycles. The number of rotatable bonds is 4. The number of nitrogens with two attached hydrogens (primary N) is 1. The zero-order valence-electron chi connectivity index (χ0n) is 9.45. The number of carboxylic acid groups (broad SMARTS) is 1. The molecule has 0 saturated carbocycles. The second-order valence-electron chi connectivity index (χ2n) is 4.36. The van der Waals surface area contributed by atoms with E-state index in [0.29, 0.717) is 6.54 Å². The van der Waals surface area contributed by atoms with Gasteiger partial charge in [0, 0.05) is 17.9 Å². The summed E-state index contributed by atoms with van der Waals surface area (Å²) in [4.78, 5) is 10.8. The maximum atomic E-state index is 10.8. The van der Waals surface area contributed by atoms with E-state index < -0.39 is 5.97 Å². The Bertz CT molecular complexity index is 409. The molecular formula is C12H17NO3. The summed E-state index contributed by atoms with van der Waals surface area (Å²) in [5, 5.41) is 8.87. The average molecular weight is 223 g/mol. The fourth-order valence-electron chi connectivity index (χ4n) is 2.61. The summed E-state index contributed by atoms with van der Waals surface area (Å²) in [5.41, 5.74) is 7.94. The van der Waals surface area contributed by atoms with Crippen molar-refractivity contribution < 1.29 is 14.3 Å². The molecule has 1 unspecified atom stereocenters. The minimum Gasteiger partial charge on any atom is -0.481 e. The van der Waals surface area contributed by atoms with Crippen LogP contribution in [0.3, 0.4) is 0 Å². The number of hydrogen-bond acceptors (Lipinski definition) is 3. The van der Waals surface area contributed by atoms with Crippen LogP contribution in [-0.4, -0.2) is 17.6 Å². The number of furan rings is 1. The molecule has 1 aliphatic rings. The molecule has 16 heavy (non-hydrogen) atoms. The van der Waals surface area contributed by atoms with Crippen molar-refractivity contribution in [2.24, 2.45) is 5.73 Å². The zero-order chi connectivity index (χ0) is 11.7. The summed E-state index contributed by atoms with van der Waals surface area (Å²) >= 11 is 0. The first-order valence-corrected chi connectivity index (χ1v) is 5.66. The fourth-order valence-corrected chi connectivity index (χ4v) is 2.61. The smallest absolute Gasteiger partial charge is 0.304 e. The lowest BCUT2D eigenvalue weighted by Gasteiger charge is -2.13. The molecule has 1 aliphatic carbocycles. The second-order valence-corrected chi connectivity index (χ2v) is 4.36. The maximum absolute atomic E-state index is 10.8. The van der Waals surface area contributed by atoms with Gasteiger partial charge in [-0.05, 0) is 31.9 Å². The molecule has 1 aromatic rings. The SMILES string of the molecule is Cc1oc2c(c1C(CN)CC(=O)O)CCC2. The summed E-state index contributed by atoms with van der Waals surface area (Å²) in [6, 6.07) is 0. The van der Waals surface area contributed by atoms with Crippen LogP contribution in [0.4, 0.5) is 0 Å². The normalized spacial score (nSPS) is 16.1. The number of fused-ring (bicyclic) bond motifs is 1. The van der Waals surface area contributed by atoms with Crippen molar-refractivity contribution in [3.8, 4) is 0 Å². The van der Waals surface area contributed by atoms with E-state index in [0.717, 1.165) is 36.3 Å². The predicted molar refractivity (Wildman–Crippen MR) is 59.5 cm³/mol. The third kappa shape index (κ3) is 1.85. The van der Waals surface area contributed by atoms with Crippen LogP contribution in [0.25, 0.3) is 0 Å². The van der Waals surface area contributed by atoms with Crippen molar-refractivity contribution in [1.29, 1.82) is 0 Å². The summed E-state index contributed by atoms with van der Waals surface area (Å²) in [6.07, 6.45) is 3.16. The molecule has 1 atom stereocenters. The van der Waals surface area contributed by atoms with Crippen LogP contribution in [0.1, 0.15) is 41.4 Å². The first-order valence-electron chi connectivity index (χ1n) is 5.66. The lowest BCUT2D eigenvalue weighted by molar-refractivity contribution is -0.137. The molecule has 0 radical (unpaired) electrons. The van der Waals surface area contributed by atoms with Crippen molar-refractivity contribution in [1.82, 2.24) is 0 Å². The molecule has 4 heteroatoms. The highest BCUT2D eigenvalue weighted by Crippen LogP contribution is 2.36. The van der Waals surface area contributed by atoms with Crippen LogP contribution in [0.2, 0.25) is 0 Å². The first kappa shape index (κ1) is 11.2. The Labute approximate surface area is 94.4 Å². The standard InChI is InChI=1S/C12H17NO3/c1-7-12(8(6-13)5-11(14)15)9-3-2-4-10(9)16-7/h8H,2-6,13H2,1H3,(H,14,15). The highest BCUT2D eigenvalue weighted by atomic mass is 16.4. The molecule has 4 nitrogen and oxygen atoms in total. The summed E-state index contributed by atoms with van der Waals surface area (Å²) < 4.78 is 5.67. The number of carbonyl (C=O) groups is 1. The Balaban J connectivity index is 2.33. The van der Waals surface area contributed by atoms with Crippen LogP contribution in [0.15, 0.2) is 4.42 Å². The van der Waals surface area contributed by atoms with Crippen LogP contribution < -0.4 is 5.73 Å². The van der Waals surface area contributed by atoms with Gasteiger partial charge < -0.3 is 15.3 Å². The van der Waals surface area contributed by atoms with Crippen LogP contribution in [0, 0.1) is 6.92 Å². The Morgan fingerprint density at radius 2 is 2.31 bits per heavy atom. The van der Waals surface area contributed by atoms with Gasteiger partial charge in [-0.3, -0.25) is 4.79 Å². The van der Waals surface area contributed by atoms with Gasteiger partial charge in [0.1, 0.15) is 11.5 Å². The maximum Gasteiger partial charge on any atom is 0.304 e. The van der Waals surface area contributed by atoms with Gasteiger partial charge in [0.15, 0.2) is 0 Å². The largest absolute Gasteiger partial charge is 0.481 e. The van der Waals surface area contributed by atoms with Crippen molar-refractivity contribution >= 4 is 5.97 Å². The lowest BCUT2D eigenvalue weighted by atomic mass is 9.92. The van der Waals surface area contributed by atoms with E-state index in [-0.39, 0.29) is 12.3 Å². The molecule has 0 aromatic carbocycles. The lowest BCUT2D eigenvalue weighted by Crippen LogP contribution is -2.17. The third-order valence-electron chi connectivity index (χ3n) is 3.26. The molecule has 0 bridgehead atoms. The fraction of sp³-hybridized carbons (Fsp3) is 0.583. The van der Waals surface area contributed by atoms with Gasteiger partial charge in [-0.1, -0.05) is 0 Å². The molecule has 0 amide bonds. The highest BCUT2D eigenvalue weighted by Gasteiger charge is 2.27. The van der Waals surface area contributed by atoms with Gasteiger partial charge in [0.2, 0.25) is 0 Å². The molecular weight excluding hydrogens is 206 g/mol. The molecule has 1 heterocycles. The van der Waals surface area contributed by atoms with E-state index in [1.54, 1.807) is 0 Å². The molecule has 88 valence electrons. The molecule has 1 aromatic heterocycles. The Morgan fingerprint density at radius 1 is 1.56 bits per heavy atom. The second kappa shape index (κ2) is 4.29. The van der Waals surface area contributed by atoms with E-state index in [2.05, 4.69) is 0 Å². The first-order chi connectivity index (χ1) is 7.63. The minimum atomic E-state index is -0.803. The van der Waals surface area contributed by atoms with Gasteiger partial charge in [-0.25, -0.2) is 0 Å². The number of hydrogen-bond donors (Lipinski definition) is 2. The Morgan fingerprint density at radius 3 is 2.94 bits per heavy atom. The number of aliphatic carboxylic acids is 1. The van der Waals surface area contributed by atoms with Crippen molar-refractivity contribution in [3.05, 3.63) is 22.6 Å². The van der Waals surface area contributed by atoms with Gasteiger partial charge in [0.05, 0.1) is 6.42 Å². The molecule has 3 N–H and O–H groups in total. The van der Waals surface area contributed by atoms with Gasteiger partial charge in [-0.15, -0.1) is 0 Å². The van der Waals surface area contributed by atoms with Crippen molar-refractivity contribution in [2.75, 3.05) is 6.54 Å². The van der Waals surface area contributed by atoms with Crippen LogP contribution in [0.5, 0.6) is 0 Å². The van der Waals surface area contributed by atoms with Crippen LogP contribution >= 0.6 is 0 Å². The number of aryl methyl sites for hydroxylation is 2.